The minimum Gasteiger partial charge on any atom is -0.493 e. The summed E-state index contributed by atoms with van der Waals surface area (Å²) in [6.07, 6.45) is 6.14. The molecule has 122 valence electrons. The van der Waals surface area contributed by atoms with Gasteiger partial charge >= 0.3 is 0 Å². The molecule has 0 atom stereocenters. The SMILES string of the molecule is O=c1cc(-c2ccc3c(c2)CCO3)nc2c(-c3cccnc3)c[nH]n12. The number of hydrogen-bond acceptors (Lipinski definition) is 4. The summed E-state index contributed by atoms with van der Waals surface area (Å²) in [6.45, 7) is 0.705. The molecule has 4 aromatic rings. The minimum atomic E-state index is -0.146. The van der Waals surface area contributed by atoms with Crippen LogP contribution in [0.15, 0.2) is 59.8 Å². The fraction of sp³-hybridized carbons (Fsp3) is 0.105. The van der Waals surface area contributed by atoms with Gasteiger partial charge < -0.3 is 4.74 Å². The van der Waals surface area contributed by atoms with Gasteiger partial charge in [-0.2, -0.15) is 0 Å². The first-order valence-electron chi connectivity index (χ1n) is 8.07. The lowest BCUT2D eigenvalue weighted by atomic mass is 10.1. The van der Waals surface area contributed by atoms with Crippen molar-refractivity contribution in [3.8, 4) is 28.1 Å². The van der Waals surface area contributed by atoms with E-state index in [1.807, 2.05) is 24.3 Å². The number of nitrogens with one attached hydrogen (secondary N) is 1. The quantitative estimate of drug-likeness (QED) is 0.613. The summed E-state index contributed by atoms with van der Waals surface area (Å²) in [5.41, 5.74) is 4.93. The van der Waals surface area contributed by atoms with Gasteiger partial charge in [-0.1, -0.05) is 6.07 Å². The number of nitrogens with zero attached hydrogens (tertiary/aromatic N) is 3. The van der Waals surface area contributed by atoms with Crippen molar-refractivity contribution < 1.29 is 4.74 Å². The maximum atomic E-state index is 12.5. The van der Waals surface area contributed by atoms with E-state index >= 15 is 0 Å². The molecule has 1 aliphatic heterocycles. The predicted molar refractivity (Wildman–Crippen MR) is 93.7 cm³/mol. The zero-order valence-electron chi connectivity index (χ0n) is 13.3. The average Bonchev–Trinajstić information content (AvgIpc) is 3.28. The van der Waals surface area contributed by atoms with Crippen molar-refractivity contribution in [2.24, 2.45) is 0 Å². The van der Waals surface area contributed by atoms with Gasteiger partial charge in [-0.25, -0.2) is 9.50 Å². The van der Waals surface area contributed by atoms with Gasteiger partial charge in [0.1, 0.15) is 5.75 Å². The highest BCUT2D eigenvalue weighted by Crippen LogP contribution is 2.30. The molecule has 0 fully saturated rings. The summed E-state index contributed by atoms with van der Waals surface area (Å²) >= 11 is 0. The van der Waals surface area contributed by atoms with Crippen molar-refractivity contribution in [3.05, 3.63) is 70.9 Å². The lowest BCUT2D eigenvalue weighted by Gasteiger charge is -2.05. The lowest BCUT2D eigenvalue weighted by Crippen LogP contribution is -2.14. The number of rotatable bonds is 2. The van der Waals surface area contributed by atoms with E-state index in [2.05, 4.69) is 16.1 Å². The van der Waals surface area contributed by atoms with E-state index in [1.54, 1.807) is 24.7 Å². The molecular formula is C19H14N4O2. The predicted octanol–water partition coefficient (Wildman–Crippen LogP) is 2.69. The van der Waals surface area contributed by atoms with Crippen LogP contribution in [-0.4, -0.2) is 26.2 Å². The Labute approximate surface area is 142 Å². The Balaban J connectivity index is 1.71. The van der Waals surface area contributed by atoms with Crippen molar-refractivity contribution in [1.29, 1.82) is 0 Å². The van der Waals surface area contributed by atoms with Crippen LogP contribution < -0.4 is 10.3 Å². The summed E-state index contributed by atoms with van der Waals surface area (Å²) in [6, 6.07) is 11.3. The van der Waals surface area contributed by atoms with Gasteiger partial charge in [0.05, 0.1) is 12.3 Å². The number of fused-ring (bicyclic) bond motifs is 2. The number of benzene rings is 1. The van der Waals surface area contributed by atoms with Gasteiger partial charge in [-0.15, -0.1) is 0 Å². The molecule has 6 nitrogen and oxygen atoms in total. The van der Waals surface area contributed by atoms with Crippen LogP contribution in [0.5, 0.6) is 5.75 Å². The van der Waals surface area contributed by atoms with Crippen molar-refractivity contribution in [2.45, 2.75) is 6.42 Å². The molecule has 0 bridgehead atoms. The fourth-order valence-corrected chi connectivity index (χ4v) is 3.21. The molecule has 0 radical (unpaired) electrons. The third-order valence-corrected chi connectivity index (χ3v) is 4.46. The van der Waals surface area contributed by atoms with Crippen LogP contribution in [0.4, 0.5) is 0 Å². The standard InChI is InChI=1S/C19H14N4O2/c24-18-9-16(12-3-4-17-13(8-12)5-7-25-17)22-19-15(11-21-23(18)19)14-2-1-6-20-10-14/h1-4,6,8-11,21H,5,7H2. The molecule has 1 aromatic carbocycles. The van der Waals surface area contributed by atoms with Crippen LogP contribution >= 0.6 is 0 Å². The van der Waals surface area contributed by atoms with E-state index < -0.39 is 0 Å². The molecule has 0 unspecified atom stereocenters. The molecule has 4 heterocycles. The van der Waals surface area contributed by atoms with Crippen molar-refractivity contribution in [3.63, 3.8) is 0 Å². The van der Waals surface area contributed by atoms with Crippen molar-refractivity contribution >= 4 is 5.65 Å². The van der Waals surface area contributed by atoms with E-state index in [4.69, 9.17) is 9.72 Å². The van der Waals surface area contributed by atoms with E-state index in [0.717, 1.165) is 34.4 Å². The monoisotopic (exact) mass is 330 g/mol. The first kappa shape index (κ1) is 14.0. The molecule has 0 saturated heterocycles. The van der Waals surface area contributed by atoms with Gasteiger partial charge in [0, 0.05) is 47.8 Å². The molecule has 1 N–H and O–H groups in total. The highest BCUT2D eigenvalue weighted by atomic mass is 16.5. The van der Waals surface area contributed by atoms with Crippen LogP contribution in [0.25, 0.3) is 28.0 Å². The highest BCUT2D eigenvalue weighted by Gasteiger charge is 2.15. The molecule has 0 spiro atoms. The van der Waals surface area contributed by atoms with Crippen molar-refractivity contribution in [1.82, 2.24) is 19.6 Å². The van der Waals surface area contributed by atoms with Crippen molar-refractivity contribution in [2.75, 3.05) is 6.61 Å². The summed E-state index contributed by atoms with van der Waals surface area (Å²) in [5.74, 6) is 0.916. The fourth-order valence-electron chi connectivity index (χ4n) is 3.21. The number of H-pyrrole nitrogens is 1. The first-order chi connectivity index (χ1) is 12.3. The highest BCUT2D eigenvalue weighted by molar-refractivity contribution is 5.78. The molecule has 0 saturated carbocycles. The minimum absolute atomic E-state index is 0.146. The number of hydrogen-bond donors (Lipinski definition) is 1. The number of pyridine rings is 1. The largest absolute Gasteiger partial charge is 0.493 e. The second kappa shape index (κ2) is 5.31. The summed E-state index contributed by atoms with van der Waals surface area (Å²) in [5, 5.41) is 2.97. The van der Waals surface area contributed by atoms with Gasteiger partial charge in [0.25, 0.3) is 5.56 Å². The number of aromatic amines is 1. The Hall–Kier alpha value is -3.41. The number of ether oxygens (including phenoxy) is 1. The molecule has 1 aliphatic rings. The van der Waals surface area contributed by atoms with E-state index in [1.165, 1.54) is 4.52 Å². The Morgan fingerprint density at radius 3 is 3.00 bits per heavy atom. The maximum absolute atomic E-state index is 12.5. The maximum Gasteiger partial charge on any atom is 0.273 e. The lowest BCUT2D eigenvalue weighted by molar-refractivity contribution is 0.357. The van der Waals surface area contributed by atoms with Gasteiger partial charge in [0.15, 0.2) is 5.65 Å². The zero-order valence-corrected chi connectivity index (χ0v) is 13.3. The Morgan fingerprint density at radius 2 is 2.12 bits per heavy atom. The molecule has 0 amide bonds. The molecule has 25 heavy (non-hydrogen) atoms. The Bertz CT molecular complexity index is 1150. The molecule has 3 aromatic heterocycles. The van der Waals surface area contributed by atoms with Crippen LogP contribution in [0.2, 0.25) is 0 Å². The van der Waals surface area contributed by atoms with E-state index in [0.29, 0.717) is 17.9 Å². The molecule has 5 rings (SSSR count). The molecular weight excluding hydrogens is 316 g/mol. The Morgan fingerprint density at radius 1 is 1.16 bits per heavy atom. The normalized spacial score (nSPS) is 13.0. The van der Waals surface area contributed by atoms with Gasteiger partial charge in [-0.05, 0) is 29.8 Å². The third kappa shape index (κ3) is 2.22. The molecule has 0 aliphatic carbocycles. The van der Waals surface area contributed by atoms with E-state index in [-0.39, 0.29) is 5.56 Å². The van der Waals surface area contributed by atoms with Crippen LogP contribution in [-0.2, 0) is 6.42 Å². The summed E-state index contributed by atoms with van der Waals surface area (Å²) < 4.78 is 7.00. The zero-order chi connectivity index (χ0) is 16.8. The first-order valence-corrected chi connectivity index (χ1v) is 8.07. The van der Waals surface area contributed by atoms with Gasteiger partial charge in [-0.3, -0.25) is 14.9 Å². The average molecular weight is 330 g/mol. The van der Waals surface area contributed by atoms with E-state index in [9.17, 15) is 4.79 Å². The van der Waals surface area contributed by atoms with Crippen LogP contribution in [0, 0.1) is 0 Å². The second-order valence-electron chi connectivity index (χ2n) is 5.99. The van der Waals surface area contributed by atoms with Crippen LogP contribution in [0.1, 0.15) is 5.56 Å². The summed E-state index contributed by atoms with van der Waals surface area (Å²) in [4.78, 5) is 21.4. The number of aromatic nitrogens is 4. The van der Waals surface area contributed by atoms with Crippen LogP contribution in [0.3, 0.4) is 0 Å². The van der Waals surface area contributed by atoms with Gasteiger partial charge in [0.2, 0.25) is 0 Å². The summed E-state index contributed by atoms with van der Waals surface area (Å²) in [7, 11) is 0. The second-order valence-corrected chi connectivity index (χ2v) is 5.99. The third-order valence-electron chi connectivity index (χ3n) is 4.46. The molecule has 6 heteroatoms. The topological polar surface area (TPSA) is 72.3 Å². The Kier molecular flexibility index (Phi) is 2.97. The smallest absolute Gasteiger partial charge is 0.273 e.